The number of thioether (sulfide) groups is 1. The van der Waals surface area contributed by atoms with Gasteiger partial charge in [0.15, 0.2) is 0 Å². The van der Waals surface area contributed by atoms with Crippen LogP contribution in [0.15, 0.2) is 30.3 Å². The Hall–Kier alpha value is -0.550. The van der Waals surface area contributed by atoms with Gasteiger partial charge in [0.05, 0.1) is 6.10 Å². The van der Waals surface area contributed by atoms with Gasteiger partial charge in [0.25, 0.3) is 0 Å². The van der Waals surface area contributed by atoms with Gasteiger partial charge in [0, 0.05) is 36.7 Å². The van der Waals surface area contributed by atoms with Gasteiger partial charge >= 0.3 is 0 Å². The van der Waals surface area contributed by atoms with Crippen molar-refractivity contribution in [2.75, 3.05) is 25.4 Å². The lowest BCUT2D eigenvalue weighted by molar-refractivity contribution is 0.0921. The van der Waals surface area contributed by atoms with Crippen LogP contribution in [-0.2, 0) is 6.42 Å². The van der Waals surface area contributed by atoms with Crippen LogP contribution in [0.2, 0.25) is 0 Å². The average Bonchev–Trinajstić information content (AvgIpc) is 2.48. The predicted octanol–water partition coefficient (Wildman–Crippen LogP) is 1.74. The number of aliphatic hydroxyl groups is 1. The highest BCUT2D eigenvalue weighted by Gasteiger charge is 2.23. The second-order valence-corrected chi connectivity index (χ2v) is 6.99. The summed E-state index contributed by atoms with van der Waals surface area (Å²) in [6, 6.07) is 9.98. The normalized spacial score (nSPS) is 23.4. The molecule has 0 spiro atoms. The van der Waals surface area contributed by atoms with E-state index in [-0.39, 0.29) is 6.04 Å². The van der Waals surface area contributed by atoms with Crippen LogP contribution in [0, 0.1) is 0 Å². The Morgan fingerprint density at radius 1 is 1.40 bits per heavy atom. The van der Waals surface area contributed by atoms with Crippen molar-refractivity contribution < 1.29 is 5.11 Å². The highest BCUT2D eigenvalue weighted by Crippen LogP contribution is 2.21. The number of nitrogens with zero attached hydrogens (tertiary/aromatic N) is 1. The second-order valence-electron chi connectivity index (χ2n) is 5.58. The highest BCUT2D eigenvalue weighted by molar-refractivity contribution is 8.00. The summed E-state index contributed by atoms with van der Waals surface area (Å²) in [5, 5.41) is 11.0. The number of hydrogen-bond donors (Lipinski definition) is 2. The van der Waals surface area contributed by atoms with E-state index < -0.39 is 6.10 Å². The van der Waals surface area contributed by atoms with E-state index in [0.717, 1.165) is 19.5 Å². The van der Waals surface area contributed by atoms with Gasteiger partial charge < -0.3 is 10.8 Å². The Kier molecular flexibility index (Phi) is 6.36. The molecular formula is C16H26N2OS. The van der Waals surface area contributed by atoms with E-state index in [9.17, 15) is 5.11 Å². The molecular weight excluding hydrogens is 268 g/mol. The quantitative estimate of drug-likeness (QED) is 0.839. The minimum absolute atomic E-state index is 0.188. The predicted molar refractivity (Wildman–Crippen MR) is 87.1 cm³/mol. The van der Waals surface area contributed by atoms with E-state index in [1.807, 2.05) is 18.2 Å². The van der Waals surface area contributed by atoms with Crippen molar-refractivity contribution in [1.82, 2.24) is 4.90 Å². The molecule has 112 valence electrons. The molecule has 20 heavy (non-hydrogen) atoms. The summed E-state index contributed by atoms with van der Waals surface area (Å²) in [4.78, 5) is 2.36. The zero-order valence-corrected chi connectivity index (χ0v) is 13.1. The van der Waals surface area contributed by atoms with E-state index in [2.05, 4.69) is 35.7 Å². The summed E-state index contributed by atoms with van der Waals surface area (Å²) < 4.78 is 0. The fourth-order valence-corrected chi connectivity index (χ4v) is 3.86. The molecule has 1 aliphatic heterocycles. The van der Waals surface area contributed by atoms with Gasteiger partial charge in [0.2, 0.25) is 0 Å². The van der Waals surface area contributed by atoms with Crippen molar-refractivity contribution >= 4 is 11.8 Å². The topological polar surface area (TPSA) is 49.5 Å². The Balaban J connectivity index is 1.80. The van der Waals surface area contributed by atoms with Crippen molar-refractivity contribution in [3.05, 3.63) is 35.9 Å². The smallest absolute Gasteiger partial charge is 0.0820 e. The summed E-state index contributed by atoms with van der Waals surface area (Å²) in [6.45, 7) is 5.08. The van der Waals surface area contributed by atoms with Crippen molar-refractivity contribution in [3.8, 4) is 0 Å². The maximum Gasteiger partial charge on any atom is 0.0820 e. The largest absolute Gasteiger partial charge is 0.390 e. The molecule has 4 heteroatoms. The van der Waals surface area contributed by atoms with E-state index in [1.165, 1.54) is 17.7 Å². The Bertz CT molecular complexity index is 387. The van der Waals surface area contributed by atoms with Gasteiger partial charge in [-0.1, -0.05) is 37.3 Å². The zero-order valence-electron chi connectivity index (χ0n) is 12.2. The number of aliphatic hydroxyl groups excluding tert-OH is 1. The molecule has 0 saturated carbocycles. The van der Waals surface area contributed by atoms with Crippen LogP contribution in [0.4, 0.5) is 0 Å². The molecule has 0 amide bonds. The van der Waals surface area contributed by atoms with Gasteiger partial charge in [-0.15, -0.1) is 0 Å². The van der Waals surface area contributed by atoms with Crippen LogP contribution >= 0.6 is 11.8 Å². The van der Waals surface area contributed by atoms with Crippen molar-refractivity contribution in [2.45, 2.75) is 37.2 Å². The molecule has 1 fully saturated rings. The molecule has 3 atom stereocenters. The average molecular weight is 294 g/mol. The summed E-state index contributed by atoms with van der Waals surface area (Å²) in [6.07, 6.45) is 1.49. The molecule has 0 aliphatic carbocycles. The van der Waals surface area contributed by atoms with Crippen molar-refractivity contribution in [1.29, 1.82) is 0 Å². The highest BCUT2D eigenvalue weighted by atomic mass is 32.2. The Labute approximate surface area is 126 Å². The number of rotatable bonds is 6. The third-order valence-electron chi connectivity index (χ3n) is 3.93. The van der Waals surface area contributed by atoms with Gasteiger partial charge in [-0.3, -0.25) is 4.90 Å². The van der Waals surface area contributed by atoms with E-state index in [1.54, 1.807) is 0 Å². The van der Waals surface area contributed by atoms with Crippen LogP contribution in [0.5, 0.6) is 0 Å². The molecule has 3 nitrogen and oxygen atoms in total. The minimum atomic E-state index is -0.448. The molecule has 3 unspecified atom stereocenters. The molecule has 0 radical (unpaired) electrons. The van der Waals surface area contributed by atoms with E-state index in [0.29, 0.717) is 11.8 Å². The number of nitrogens with two attached hydrogens (primary N) is 1. The molecule has 1 aliphatic rings. The lowest BCUT2D eigenvalue weighted by atomic mass is 10.0. The van der Waals surface area contributed by atoms with E-state index in [4.69, 9.17) is 5.73 Å². The van der Waals surface area contributed by atoms with Crippen LogP contribution < -0.4 is 5.73 Å². The number of β-amino-alcohol motifs (C(OH)–C–C–N with tert-alkyl or cyclic N) is 1. The van der Waals surface area contributed by atoms with E-state index >= 15 is 0 Å². The molecule has 0 bridgehead atoms. The first-order chi connectivity index (χ1) is 9.69. The number of benzene rings is 1. The lowest BCUT2D eigenvalue weighted by Crippen LogP contribution is -2.48. The van der Waals surface area contributed by atoms with Gasteiger partial charge in [-0.05, 0) is 18.4 Å². The van der Waals surface area contributed by atoms with Gasteiger partial charge in [-0.25, -0.2) is 0 Å². The summed E-state index contributed by atoms with van der Waals surface area (Å²) in [7, 11) is 0. The standard InChI is InChI=1S/C16H26N2OS/c1-2-14-11-18(8-9-20-14)12-16(19)15(17)10-13-6-4-3-5-7-13/h3-7,14-16,19H,2,8-12,17H2,1H3. The van der Waals surface area contributed by atoms with Gasteiger partial charge in [0.1, 0.15) is 0 Å². The molecule has 1 aromatic carbocycles. The third-order valence-corrected chi connectivity index (χ3v) is 5.30. The monoisotopic (exact) mass is 294 g/mol. The summed E-state index contributed by atoms with van der Waals surface area (Å²) in [5.74, 6) is 1.17. The lowest BCUT2D eigenvalue weighted by Gasteiger charge is -2.34. The van der Waals surface area contributed by atoms with Crippen LogP contribution in [0.1, 0.15) is 18.9 Å². The first kappa shape index (κ1) is 15.8. The van der Waals surface area contributed by atoms with Crippen LogP contribution in [0.3, 0.4) is 0 Å². The van der Waals surface area contributed by atoms with Gasteiger partial charge in [-0.2, -0.15) is 11.8 Å². The fraction of sp³-hybridized carbons (Fsp3) is 0.625. The van der Waals surface area contributed by atoms with Crippen LogP contribution in [0.25, 0.3) is 0 Å². The maximum absolute atomic E-state index is 10.3. The SMILES string of the molecule is CCC1CN(CC(O)C(N)Cc2ccccc2)CCS1. The molecule has 2 rings (SSSR count). The number of hydrogen-bond acceptors (Lipinski definition) is 4. The van der Waals surface area contributed by atoms with Crippen LogP contribution in [-0.4, -0.2) is 52.8 Å². The molecule has 1 aromatic rings. The Morgan fingerprint density at radius 2 is 2.15 bits per heavy atom. The second kappa shape index (κ2) is 8.03. The third kappa shape index (κ3) is 4.77. The molecule has 1 heterocycles. The van der Waals surface area contributed by atoms with Crippen molar-refractivity contribution in [2.24, 2.45) is 5.73 Å². The molecule has 1 saturated heterocycles. The summed E-state index contributed by atoms with van der Waals surface area (Å²) in [5.41, 5.74) is 7.35. The fourth-order valence-electron chi connectivity index (χ4n) is 2.62. The first-order valence-corrected chi connectivity index (χ1v) is 8.55. The maximum atomic E-state index is 10.3. The Morgan fingerprint density at radius 3 is 2.85 bits per heavy atom. The molecule has 0 aromatic heterocycles. The first-order valence-electron chi connectivity index (χ1n) is 7.50. The molecule has 3 N–H and O–H groups in total. The zero-order chi connectivity index (χ0) is 14.4. The summed E-state index contributed by atoms with van der Waals surface area (Å²) >= 11 is 2.05. The van der Waals surface area contributed by atoms with Crippen molar-refractivity contribution in [3.63, 3.8) is 0 Å². The minimum Gasteiger partial charge on any atom is -0.390 e.